The van der Waals surface area contributed by atoms with Gasteiger partial charge < -0.3 is 20.1 Å². The van der Waals surface area contributed by atoms with E-state index in [2.05, 4.69) is 49.5 Å². The summed E-state index contributed by atoms with van der Waals surface area (Å²) < 4.78 is 0. The number of carboxylic acids is 1. The third kappa shape index (κ3) is 21.2. The van der Waals surface area contributed by atoms with E-state index in [0.29, 0.717) is 6.42 Å². The first-order valence-corrected chi connectivity index (χ1v) is 9.38. The topological polar surface area (TPSA) is 80.6 Å². The molecule has 0 spiro atoms. The quantitative estimate of drug-likeness (QED) is 0.316. The summed E-state index contributed by atoms with van der Waals surface area (Å²) in [7, 11) is 0. The molecule has 5 heteroatoms. The van der Waals surface area contributed by atoms with E-state index in [4.69, 9.17) is 0 Å². The van der Waals surface area contributed by atoms with Crippen LogP contribution in [0.5, 0.6) is 0 Å². The van der Waals surface area contributed by atoms with E-state index in [0.717, 1.165) is 32.1 Å². The molecule has 4 nitrogen and oxygen atoms in total. The minimum Gasteiger partial charge on any atom is -0.550 e. The Bertz CT molecular complexity index is 493. The van der Waals surface area contributed by atoms with Crippen LogP contribution in [-0.4, -0.2) is 28.4 Å². The summed E-state index contributed by atoms with van der Waals surface area (Å²) in [5.41, 5.74) is 0. The zero-order chi connectivity index (χ0) is 19.5. The maximum Gasteiger partial charge on any atom is 1.00 e. The van der Waals surface area contributed by atoms with Crippen molar-refractivity contribution >= 4 is 5.97 Å². The molecular formula is C22H33NaO4. The van der Waals surface area contributed by atoms with E-state index < -0.39 is 18.2 Å². The van der Waals surface area contributed by atoms with E-state index in [9.17, 15) is 20.1 Å². The fourth-order valence-electron chi connectivity index (χ4n) is 2.10. The van der Waals surface area contributed by atoms with Crippen LogP contribution in [0.3, 0.4) is 0 Å². The van der Waals surface area contributed by atoms with Gasteiger partial charge in [0.15, 0.2) is 0 Å². The van der Waals surface area contributed by atoms with Gasteiger partial charge in [0.05, 0.1) is 12.2 Å². The summed E-state index contributed by atoms with van der Waals surface area (Å²) in [5, 5.41) is 29.6. The third-order valence-corrected chi connectivity index (χ3v) is 3.62. The van der Waals surface area contributed by atoms with Gasteiger partial charge in [0.2, 0.25) is 0 Å². The van der Waals surface area contributed by atoms with Crippen molar-refractivity contribution in [3.63, 3.8) is 0 Å². The second kappa shape index (κ2) is 21.4. The van der Waals surface area contributed by atoms with Gasteiger partial charge in [0.25, 0.3) is 0 Å². The maximum atomic E-state index is 10.3. The molecule has 0 fully saturated rings. The summed E-state index contributed by atoms with van der Waals surface area (Å²) in [5.74, 6) is -1.22. The van der Waals surface area contributed by atoms with Crippen LogP contribution in [0.2, 0.25) is 0 Å². The molecule has 0 bridgehead atoms. The second-order valence-electron chi connectivity index (χ2n) is 5.99. The normalized spacial score (nSPS) is 14.6. The predicted octanol–water partition coefficient (Wildman–Crippen LogP) is 0.384. The Hall–Kier alpha value is -0.910. The maximum absolute atomic E-state index is 10.3. The number of allylic oxidation sites excluding steroid dienone is 9. The number of aliphatic carboxylic acids is 1. The Morgan fingerprint density at radius 3 is 1.59 bits per heavy atom. The molecule has 0 aliphatic carbocycles. The zero-order valence-corrected chi connectivity index (χ0v) is 18.8. The third-order valence-electron chi connectivity index (χ3n) is 3.62. The molecule has 2 N–H and O–H groups in total. The van der Waals surface area contributed by atoms with Crippen molar-refractivity contribution in [1.82, 2.24) is 0 Å². The van der Waals surface area contributed by atoms with E-state index in [1.807, 2.05) is 12.2 Å². The first-order chi connectivity index (χ1) is 12.6. The van der Waals surface area contributed by atoms with Crippen LogP contribution < -0.4 is 34.7 Å². The summed E-state index contributed by atoms with van der Waals surface area (Å²) in [6, 6.07) is 0. The van der Waals surface area contributed by atoms with Gasteiger partial charge in [-0.05, 0) is 51.4 Å². The van der Waals surface area contributed by atoms with E-state index >= 15 is 0 Å². The average molecular weight is 384 g/mol. The van der Waals surface area contributed by atoms with Gasteiger partial charge in [-0.1, -0.05) is 67.7 Å². The molecule has 0 aliphatic heterocycles. The summed E-state index contributed by atoms with van der Waals surface area (Å²) >= 11 is 0. The van der Waals surface area contributed by atoms with Gasteiger partial charge >= 0.3 is 29.6 Å². The smallest absolute Gasteiger partial charge is 0.550 e. The molecule has 0 radical (unpaired) electrons. The van der Waals surface area contributed by atoms with Crippen LogP contribution in [0, 0.1) is 0 Å². The minimum atomic E-state index is -1.22. The van der Waals surface area contributed by atoms with Crippen molar-refractivity contribution < 1.29 is 49.7 Å². The molecule has 0 aromatic heterocycles. The average Bonchev–Trinajstić information content (AvgIpc) is 2.62. The number of rotatable bonds is 15. The van der Waals surface area contributed by atoms with Gasteiger partial charge in [-0.2, -0.15) is 0 Å². The van der Waals surface area contributed by atoms with Crippen molar-refractivity contribution in [2.75, 3.05) is 0 Å². The van der Waals surface area contributed by atoms with Crippen molar-refractivity contribution in [3.05, 3.63) is 60.8 Å². The van der Waals surface area contributed by atoms with Crippen LogP contribution in [0.4, 0.5) is 0 Å². The zero-order valence-electron chi connectivity index (χ0n) is 16.8. The summed E-state index contributed by atoms with van der Waals surface area (Å²) in [4.78, 5) is 10.3. The number of carbonyl (C=O) groups excluding carboxylic acids is 1. The first-order valence-electron chi connectivity index (χ1n) is 9.38. The Kier molecular flexibility index (Phi) is 22.4. The molecule has 2 atom stereocenters. The number of aliphatic hydroxyl groups is 2. The molecule has 0 heterocycles. The number of hydrogen-bond acceptors (Lipinski definition) is 4. The predicted molar refractivity (Wildman–Crippen MR) is 105 cm³/mol. The number of aliphatic hydroxyl groups excluding tert-OH is 2. The summed E-state index contributed by atoms with van der Waals surface area (Å²) in [6.07, 6.45) is 23.6. The Morgan fingerprint density at radius 2 is 1.19 bits per heavy atom. The molecule has 0 rings (SSSR count). The Morgan fingerprint density at radius 1 is 0.778 bits per heavy atom. The number of hydrogen-bond donors (Lipinski definition) is 2. The minimum absolute atomic E-state index is 0. The Balaban J connectivity index is 0. The van der Waals surface area contributed by atoms with E-state index in [-0.39, 0.29) is 42.4 Å². The van der Waals surface area contributed by atoms with Gasteiger partial charge in [-0.25, -0.2) is 0 Å². The van der Waals surface area contributed by atoms with Crippen molar-refractivity contribution in [1.29, 1.82) is 0 Å². The van der Waals surface area contributed by atoms with Gasteiger partial charge in [-0.3, -0.25) is 0 Å². The molecule has 27 heavy (non-hydrogen) atoms. The van der Waals surface area contributed by atoms with Gasteiger partial charge in [-0.15, -0.1) is 0 Å². The fourth-order valence-corrected chi connectivity index (χ4v) is 2.10. The molecule has 146 valence electrons. The van der Waals surface area contributed by atoms with Crippen LogP contribution >= 0.6 is 0 Å². The van der Waals surface area contributed by atoms with Crippen molar-refractivity contribution in [2.45, 2.75) is 70.5 Å². The first kappa shape index (κ1) is 28.3. The van der Waals surface area contributed by atoms with Crippen LogP contribution in [0.1, 0.15) is 58.3 Å². The molecule has 0 saturated heterocycles. The molecule has 0 aliphatic rings. The van der Waals surface area contributed by atoms with Crippen molar-refractivity contribution in [2.24, 2.45) is 0 Å². The molecule has 0 amide bonds. The van der Waals surface area contributed by atoms with Crippen LogP contribution in [0.25, 0.3) is 0 Å². The fraction of sp³-hybridized carbons (Fsp3) is 0.500. The number of carboxylic acid groups (broad SMARTS) is 1. The standard InChI is InChI=1S/C22H34O4.Na/c1-2-3-4-5-6-7-8-9-10-11-12-13-14-15-16-17-20(23)21(24)18-19-22(25)26;/h3-4,6-7,9-10,12-13,15-16,20-21,23-24H,2,5,8,11,14,17-19H2,1H3,(H,25,26);/q;+1/p-1/b4-3-,7-6-,10-9-,13-12-,16-15-;. The SMILES string of the molecule is CC/C=C\C/C=C\C/C=C\C/C=C\C/C=C\CC(O)C(O)CCC(=O)[O-].[Na+]. The second-order valence-corrected chi connectivity index (χ2v) is 5.99. The molecule has 2 unspecified atom stereocenters. The van der Waals surface area contributed by atoms with E-state index in [1.165, 1.54) is 0 Å². The monoisotopic (exact) mass is 384 g/mol. The largest absolute Gasteiger partial charge is 1.00 e. The van der Waals surface area contributed by atoms with Gasteiger partial charge in [0, 0.05) is 5.97 Å². The van der Waals surface area contributed by atoms with Crippen LogP contribution in [0.15, 0.2) is 60.8 Å². The Labute approximate surface area is 186 Å². The van der Waals surface area contributed by atoms with Gasteiger partial charge in [0.1, 0.15) is 0 Å². The molecule has 0 aromatic carbocycles. The van der Waals surface area contributed by atoms with E-state index in [1.54, 1.807) is 6.08 Å². The molecular weight excluding hydrogens is 351 g/mol. The summed E-state index contributed by atoms with van der Waals surface area (Å²) in [6.45, 7) is 2.13. The number of carbonyl (C=O) groups is 1. The van der Waals surface area contributed by atoms with Crippen molar-refractivity contribution in [3.8, 4) is 0 Å². The van der Waals surface area contributed by atoms with Crippen LogP contribution in [-0.2, 0) is 4.79 Å². The molecule has 0 saturated carbocycles. The molecule has 0 aromatic rings.